The van der Waals surface area contributed by atoms with Crippen molar-refractivity contribution in [1.29, 1.82) is 0 Å². The standard InChI is InChI=1S/C42H28/c1-3-29-30(4-2)42(40-26-28-16-6-8-18-32(28)34-20-10-12-22-36(34)40)38-24-14-13-23-37(38)41(29)39-25-27-15-5-7-17-31(27)33-19-9-11-21-35(33)39/h3-26H,1-2H2. The van der Waals surface area contributed by atoms with E-state index in [0.29, 0.717) is 0 Å². The summed E-state index contributed by atoms with van der Waals surface area (Å²) in [5, 5.41) is 12.4. The van der Waals surface area contributed by atoms with Crippen LogP contribution in [0.25, 0.3) is 88.3 Å². The van der Waals surface area contributed by atoms with E-state index in [1.54, 1.807) is 0 Å². The molecular weight excluding hydrogens is 504 g/mol. The van der Waals surface area contributed by atoms with Gasteiger partial charge in [0.15, 0.2) is 0 Å². The zero-order valence-corrected chi connectivity index (χ0v) is 23.3. The van der Waals surface area contributed by atoms with E-state index in [0.717, 1.165) is 11.1 Å². The molecule has 0 fully saturated rings. The SMILES string of the molecule is C=Cc1c(C=C)c(-c2cc3ccccc3c3ccccc23)c2ccccc2c1-c1cc2ccccc2c2ccccc12. The molecule has 196 valence electrons. The lowest BCUT2D eigenvalue weighted by atomic mass is 9.80. The van der Waals surface area contributed by atoms with E-state index in [9.17, 15) is 0 Å². The van der Waals surface area contributed by atoms with E-state index in [4.69, 9.17) is 0 Å². The van der Waals surface area contributed by atoms with Crippen LogP contribution in [0.15, 0.2) is 147 Å². The van der Waals surface area contributed by atoms with E-state index in [-0.39, 0.29) is 0 Å². The maximum absolute atomic E-state index is 4.37. The fourth-order valence-corrected chi connectivity index (χ4v) is 7.01. The molecule has 0 aliphatic carbocycles. The lowest BCUT2D eigenvalue weighted by Gasteiger charge is -2.23. The van der Waals surface area contributed by atoms with E-state index in [1.807, 2.05) is 12.2 Å². The molecule has 0 saturated carbocycles. The molecule has 0 saturated heterocycles. The molecule has 0 heteroatoms. The summed E-state index contributed by atoms with van der Waals surface area (Å²) in [5.74, 6) is 0. The number of fused-ring (bicyclic) bond motifs is 7. The Balaban J connectivity index is 1.58. The first-order chi connectivity index (χ1) is 20.8. The van der Waals surface area contributed by atoms with Crippen LogP contribution < -0.4 is 0 Å². The van der Waals surface area contributed by atoms with Gasteiger partial charge < -0.3 is 0 Å². The van der Waals surface area contributed by atoms with E-state index < -0.39 is 0 Å². The van der Waals surface area contributed by atoms with Gasteiger partial charge in [-0.1, -0.05) is 147 Å². The number of benzene rings is 8. The largest absolute Gasteiger partial charge is 0.0984 e. The monoisotopic (exact) mass is 532 g/mol. The highest BCUT2D eigenvalue weighted by Gasteiger charge is 2.22. The van der Waals surface area contributed by atoms with Crippen LogP contribution in [0.1, 0.15) is 11.1 Å². The van der Waals surface area contributed by atoms with Crippen molar-refractivity contribution >= 4 is 66.0 Å². The Bertz CT molecular complexity index is 2220. The third kappa shape index (κ3) is 3.49. The highest BCUT2D eigenvalue weighted by Crippen LogP contribution is 2.48. The van der Waals surface area contributed by atoms with Crippen molar-refractivity contribution in [3.63, 3.8) is 0 Å². The van der Waals surface area contributed by atoms with Crippen molar-refractivity contribution in [2.24, 2.45) is 0 Å². The first-order valence-electron chi connectivity index (χ1n) is 14.4. The molecule has 8 rings (SSSR count). The highest BCUT2D eigenvalue weighted by atomic mass is 14.2. The summed E-state index contributed by atoms with van der Waals surface area (Å²) in [6.07, 6.45) is 4.05. The third-order valence-corrected chi connectivity index (χ3v) is 8.78. The average Bonchev–Trinajstić information content (AvgIpc) is 3.06. The summed E-state index contributed by atoms with van der Waals surface area (Å²) in [6, 6.07) is 48.4. The Labute approximate surface area is 245 Å². The smallest absolute Gasteiger partial charge is 0.00201 e. The van der Waals surface area contributed by atoms with Crippen LogP contribution >= 0.6 is 0 Å². The molecule has 0 bridgehead atoms. The molecular formula is C42H28. The Hall–Kier alpha value is -5.46. The average molecular weight is 533 g/mol. The van der Waals surface area contributed by atoms with Gasteiger partial charge in [0, 0.05) is 0 Å². The normalized spacial score (nSPS) is 11.5. The zero-order valence-electron chi connectivity index (χ0n) is 23.3. The van der Waals surface area contributed by atoms with Crippen molar-refractivity contribution in [2.45, 2.75) is 0 Å². The van der Waals surface area contributed by atoms with Crippen LogP contribution in [-0.2, 0) is 0 Å². The van der Waals surface area contributed by atoms with Gasteiger partial charge in [0.1, 0.15) is 0 Å². The fraction of sp³-hybridized carbons (Fsp3) is 0. The fourth-order valence-electron chi connectivity index (χ4n) is 7.01. The maximum atomic E-state index is 4.37. The van der Waals surface area contributed by atoms with Gasteiger partial charge >= 0.3 is 0 Å². The molecule has 0 aliphatic heterocycles. The Morgan fingerprint density at radius 2 is 0.643 bits per heavy atom. The van der Waals surface area contributed by atoms with Crippen LogP contribution in [0.4, 0.5) is 0 Å². The Morgan fingerprint density at radius 1 is 0.333 bits per heavy atom. The van der Waals surface area contributed by atoms with Crippen LogP contribution in [-0.4, -0.2) is 0 Å². The third-order valence-electron chi connectivity index (χ3n) is 8.78. The molecule has 0 unspecified atom stereocenters. The molecule has 42 heavy (non-hydrogen) atoms. The van der Waals surface area contributed by atoms with Gasteiger partial charge in [-0.2, -0.15) is 0 Å². The van der Waals surface area contributed by atoms with Crippen LogP contribution in [0.5, 0.6) is 0 Å². The van der Waals surface area contributed by atoms with Crippen molar-refractivity contribution in [3.05, 3.63) is 158 Å². The Kier molecular flexibility index (Phi) is 5.55. The number of hydrogen-bond acceptors (Lipinski definition) is 0. The minimum absolute atomic E-state index is 1.11. The van der Waals surface area contributed by atoms with Crippen molar-refractivity contribution in [1.82, 2.24) is 0 Å². The Morgan fingerprint density at radius 3 is 1.02 bits per heavy atom. The van der Waals surface area contributed by atoms with Gasteiger partial charge in [-0.3, -0.25) is 0 Å². The molecule has 0 radical (unpaired) electrons. The minimum atomic E-state index is 1.11. The summed E-state index contributed by atoms with van der Waals surface area (Å²) in [7, 11) is 0. The van der Waals surface area contributed by atoms with Gasteiger partial charge in [-0.25, -0.2) is 0 Å². The second-order valence-electron chi connectivity index (χ2n) is 10.9. The second kappa shape index (κ2) is 9.58. The maximum Gasteiger partial charge on any atom is -0.00201 e. The predicted molar refractivity (Wildman–Crippen MR) is 185 cm³/mol. The number of hydrogen-bond donors (Lipinski definition) is 0. The molecule has 8 aromatic carbocycles. The predicted octanol–water partition coefficient (Wildman–Crippen LogP) is 12.1. The van der Waals surface area contributed by atoms with Gasteiger partial charge in [0.05, 0.1) is 0 Å². The van der Waals surface area contributed by atoms with Crippen LogP contribution in [0.2, 0.25) is 0 Å². The van der Waals surface area contributed by atoms with E-state index in [2.05, 4.69) is 147 Å². The molecule has 0 atom stereocenters. The second-order valence-corrected chi connectivity index (χ2v) is 10.9. The van der Waals surface area contributed by atoms with E-state index >= 15 is 0 Å². The van der Waals surface area contributed by atoms with Crippen LogP contribution in [0.3, 0.4) is 0 Å². The van der Waals surface area contributed by atoms with Gasteiger partial charge in [0.2, 0.25) is 0 Å². The summed E-state index contributed by atoms with van der Waals surface area (Å²) in [6.45, 7) is 8.75. The van der Waals surface area contributed by atoms with Crippen molar-refractivity contribution in [3.8, 4) is 22.3 Å². The zero-order chi connectivity index (χ0) is 28.2. The van der Waals surface area contributed by atoms with Crippen LogP contribution in [0, 0.1) is 0 Å². The van der Waals surface area contributed by atoms with Gasteiger partial charge in [0.25, 0.3) is 0 Å². The summed E-state index contributed by atoms with van der Waals surface area (Å²) in [5.41, 5.74) is 7.05. The highest BCUT2D eigenvalue weighted by molar-refractivity contribution is 6.22. The summed E-state index contributed by atoms with van der Waals surface area (Å²) >= 11 is 0. The molecule has 0 amide bonds. The molecule has 0 N–H and O–H groups in total. The first-order valence-corrected chi connectivity index (χ1v) is 14.4. The summed E-state index contributed by atoms with van der Waals surface area (Å²) < 4.78 is 0. The van der Waals surface area contributed by atoms with Crippen molar-refractivity contribution in [2.75, 3.05) is 0 Å². The van der Waals surface area contributed by atoms with Gasteiger partial charge in [-0.15, -0.1) is 0 Å². The van der Waals surface area contributed by atoms with Crippen molar-refractivity contribution < 1.29 is 0 Å². The lowest BCUT2D eigenvalue weighted by Crippen LogP contribution is -1.97. The lowest BCUT2D eigenvalue weighted by molar-refractivity contribution is 1.62. The molecule has 0 heterocycles. The number of rotatable bonds is 4. The minimum Gasteiger partial charge on any atom is -0.0984 e. The molecule has 8 aromatic rings. The molecule has 0 aliphatic rings. The topological polar surface area (TPSA) is 0 Å². The van der Waals surface area contributed by atoms with Gasteiger partial charge in [-0.05, 0) is 99.4 Å². The molecule has 0 nitrogen and oxygen atoms in total. The first kappa shape index (κ1) is 24.3. The molecule has 0 spiro atoms. The van der Waals surface area contributed by atoms with E-state index in [1.165, 1.54) is 76.1 Å². The quantitative estimate of drug-likeness (QED) is 0.198. The molecule has 0 aromatic heterocycles. The summed E-state index contributed by atoms with van der Waals surface area (Å²) in [4.78, 5) is 0.